The van der Waals surface area contributed by atoms with Crippen LogP contribution >= 0.6 is 0 Å². The van der Waals surface area contributed by atoms with E-state index in [2.05, 4.69) is 4.18 Å². The van der Waals surface area contributed by atoms with Gasteiger partial charge in [0.05, 0.1) is 24.9 Å². The predicted octanol–water partition coefficient (Wildman–Crippen LogP) is -9.31. The van der Waals surface area contributed by atoms with Gasteiger partial charge in [-0.25, -0.2) is 13.1 Å². The second-order valence-electron chi connectivity index (χ2n) is 3.49. The minimum absolute atomic E-state index is 0. The predicted molar refractivity (Wildman–Crippen MR) is 53.0 cm³/mol. The summed E-state index contributed by atoms with van der Waals surface area (Å²) in [5, 5.41) is 18.3. The number of nitrogens with one attached hydrogen (secondary N) is 1. The van der Waals surface area contributed by atoms with Gasteiger partial charge < -0.3 is 24.1 Å². The molecule has 1 aliphatic rings. The maximum Gasteiger partial charge on any atom is 1.00 e. The minimum atomic E-state index is -5.09. The molecular weight excluding hydrogens is 340 g/mol. The zero-order chi connectivity index (χ0) is 13.9. The largest absolute Gasteiger partial charge is 1.00 e. The van der Waals surface area contributed by atoms with Crippen LogP contribution < -0.4 is 63.8 Å². The van der Waals surface area contributed by atoms with Crippen LogP contribution in [0.1, 0.15) is 6.42 Å². The molecule has 0 bridgehead atoms. The first kappa shape index (κ1) is 24.1. The van der Waals surface area contributed by atoms with Gasteiger partial charge in [-0.15, -0.1) is 0 Å². The summed E-state index contributed by atoms with van der Waals surface area (Å²) in [6, 6.07) is -1.46. The number of rotatable bonds is 5. The van der Waals surface area contributed by atoms with Crippen molar-refractivity contribution < 1.29 is 100.0 Å². The molecule has 3 N–H and O–H groups in total. The normalized spacial score (nSPS) is 31.8. The van der Waals surface area contributed by atoms with Crippen LogP contribution in [0.4, 0.5) is 0 Å². The van der Waals surface area contributed by atoms with Crippen LogP contribution in [0.25, 0.3) is 0 Å². The van der Waals surface area contributed by atoms with Crippen molar-refractivity contribution in [3.05, 3.63) is 0 Å². The van der Waals surface area contributed by atoms with Gasteiger partial charge in [-0.05, 0) is 0 Å². The Morgan fingerprint density at radius 1 is 1.45 bits per heavy atom. The van der Waals surface area contributed by atoms with E-state index in [9.17, 15) is 26.8 Å². The maximum absolute atomic E-state index is 10.5. The molecule has 1 heterocycles. The third-order valence-corrected chi connectivity index (χ3v) is 3.16. The molecule has 0 aromatic heterocycles. The Morgan fingerprint density at radius 3 is 2.40 bits per heavy atom. The molecule has 0 aromatic rings. The summed E-state index contributed by atoms with van der Waals surface area (Å²) in [4.78, 5) is 0. The van der Waals surface area contributed by atoms with Gasteiger partial charge in [0.2, 0.25) is 10.4 Å². The second kappa shape index (κ2) is 10.6. The van der Waals surface area contributed by atoms with Crippen molar-refractivity contribution in [1.82, 2.24) is 4.72 Å². The smallest absolute Gasteiger partial charge is 0.760 e. The molecule has 10 nitrogen and oxygen atoms in total. The Bertz CT molecular complexity index is 407. The van der Waals surface area contributed by atoms with E-state index in [1.165, 1.54) is 0 Å². The average molecular weight is 351 g/mol. The first-order chi connectivity index (χ1) is 8.23. The van der Waals surface area contributed by atoms with Crippen molar-refractivity contribution in [3.63, 3.8) is 0 Å². The summed E-state index contributed by atoms with van der Waals surface area (Å²) in [6.07, 6.45) is -4.46. The minimum Gasteiger partial charge on any atom is -0.760 e. The molecule has 0 amide bonds. The summed E-state index contributed by atoms with van der Waals surface area (Å²) in [7, 11) is -5.09. The van der Waals surface area contributed by atoms with Gasteiger partial charge in [0, 0.05) is 17.7 Å². The Kier molecular flexibility index (Phi) is 12.7. The number of ether oxygens (including phenoxy) is 1. The summed E-state index contributed by atoms with van der Waals surface area (Å²) < 4.78 is 63.1. The number of hydrogen-bond acceptors (Lipinski definition) is 9. The van der Waals surface area contributed by atoms with E-state index in [-0.39, 0.29) is 65.5 Å². The van der Waals surface area contributed by atoms with Crippen LogP contribution in [-0.2, 0) is 30.6 Å². The Balaban J connectivity index is 0. The van der Waals surface area contributed by atoms with Gasteiger partial charge in [0.25, 0.3) is 0 Å². The van der Waals surface area contributed by atoms with E-state index in [1.54, 1.807) is 4.72 Å². The van der Waals surface area contributed by atoms with Crippen LogP contribution in [0.5, 0.6) is 0 Å². The SMILES string of the molecule is O=S([O-])NC1C(O)OC(CO)C[C@@H]1OS(=O)(=O)[O-].[Na+].[Na+]. The van der Waals surface area contributed by atoms with E-state index in [0.29, 0.717) is 0 Å². The molecule has 5 atom stereocenters. The van der Waals surface area contributed by atoms with Gasteiger partial charge in [0.15, 0.2) is 6.29 Å². The fourth-order valence-electron chi connectivity index (χ4n) is 1.54. The van der Waals surface area contributed by atoms with Crippen molar-refractivity contribution in [2.24, 2.45) is 0 Å². The molecule has 1 fully saturated rings. The van der Waals surface area contributed by atoms with Gasteiger partial charge in [-0.1, -0.05) is 0 Å². The average Bonchev–Trinajstić information content (AvgIpc) is 2.20. The van der Waals surface area contributed by atoms with Crippen molar-refractivity contribution >= 4 is 21.7 Å². The molecular formula is C6H11NNa2O9S2. The fraction of sp³-hybridized carbons (Fsp3) is 1.00. The molecule has 0 aromatic carbocycles. The molecule has 0 aliphatic carbocycles. The van der Waals surface area contributed by atoms with Gasteiger partial charge >= 0.3 is 59.1 Å². The van der Waals surface area contributed by atoms with E-state index in [4.69, 9.17) is 9.84 Å². The van der Waals surface area contributed by atoms with Crippen molar-refractivity contribution in [2.45, 2.75) is 31.0 Å². The summed E-state index contributed by atoms with van der Waals surface area (Å²) in [5.41, 5.74) is 0. The van der Waals surface area contributed by atoms with Crippen LogP contribution in [0.15, 0.2) is 0 Å². The standard InChI is InChI=1S/C6H13NO9S2.2Na/c8-2-3-1-4(16-18(12,13)14)5(6(9)15-3)7-17(10)11;;/h3-9H,1-2H2,(H,10,11)(H,12,13,14);;/q;2*+1/p-2/t3?,4-,5?,6?;;/m0../s1. The maximum atomic E-state index is 10.5. The van der Waals surface area contributed by atoms with E-state index < -0.39 is 52.8 Å². The quantitative estimate of drug-likeness (QED) is 0.188. The fourth-order valence-corrected chi connectivity index (χ4v) is 2.53. The zero-order valence-electron chi connectivity index (χ0n) is 10.8. The molecule has 0 radical (unpaired) electrons. The van der Waals surface area contributed by atoms with Crippen LogP contribution in [-0.4, -0.2) is 63.1 Å². The molecule has 108 valence electrons. The summed E-state index contributed by atoms with van der Waals surface area (Å²) in [6.45, 7) is -0.553. The van der Waals surface area contributed by atoms with Crippen LogP contribution in [0.3, 0.4) is 0 Å². The molecule has 14 heteroatoms. The number of aliphatic hydroxyl groups is 2. The third-order valence-electron chi connectivity index (χ3n) is 2.21. The molecule has 0 spiro atoms. The molecule has 1 saturated heterocycles. The van der Waals surface area contributed by atoms with Crippen LogP contribution in [0.2, 0.25) is 0 Å². The van der Waals surface area contributed by atoms with E-state index in [0.717, 1.165) is 0 Å². The molecule has 4 unspecified atom stereocenters. The van der Waals surface area contributed by atoms with Gasteiger partial charge in [-0.2, -0.15) is 0 Å². The second-order valence-corrected chi connectivity index (χ2v) is 5.20. The molecule has 0 saturated carbocycles. The monoisotopic (exact) mass is 351 g/mol. The Labute approximate surface area is 162 Å². The Morgan fingerprint density at radius 2 is 2.00 bits per heavy atom. The van der Waals surface area contributed by atoms with Crippen molar-refractivity contribution in [2.75, 3.05) is 6.61 Å². The van der Waals surface area contributed by atoms with Gasteiger partial charge in [0.1, 0.15) is 0 Å². The first-order valence-corrected chi connectivity index (χ1v) is 7.07. The van der Waals surface area contributed by atoms with Crippen LogP contribution in [0, 0.1) is 0 Å². The molecule has 1 rings (SSSR count). The summed E-state index contributed by atoms with van der Waals surface area (Å²) >= 11 is -2.83. The third kappa shape index (κ3) is 8.45. The Hall–Kier alpha value is 1.82. The molecule has 1 aliphatic heterocycles. The number of aliphatic hydroxyl groups excluding tert-OH is 2. The zero-order valence-corrected chi connectivity index (χ0v) is 16.4. The van der Waals surface area contributed by atoms with E-state index >= 15 is 0 Å². The van der Waals surface area contributed by atoms with E-state index in [1.807, 2.05) is 0 Å². The number of hydrogen-bond donors (Lipinski definition) is 3. The summed E-state index contributed by atoms with van der Waals surface area (Å²) in [5.74, 6) is 0. The molecule has 20 heavy (non-hydrogen) atoms. The topological polar surface area (TPSA) is 168 Å². The van der Waals surface area contributed by atoms with Crippen molar-refractivity contribution in [3.8, 4) is 0 Å². The van der Waals surface area contributed by atoms with Gasteiger partial charge in [-0.3, -0.25) is 8.39 Å². The van der Waals surface area contributed by atoms with Crippen molar-refractivity contribution in [1.29, 1.82) is 0 Å². The first-order valence-electron chi connectivity index (χ1n) is 4.67.